The summed E-state index contributed by atoms with van der Waals surface area (Å²) in [6.07, 6.45) is 1.40. The largest absolute Gasteiger partial charge is 0.502 e. The molecule has 10 heteroatoms. The highest BCUT2D eigenvalue weighted by atomic mass is 32.2. The molecule has 0 bridgehead atoms. The van der Waals surface area contributed by atoms with Crippen molar-refractivity contribution in [1.82, 2.24) is 5.43 Å². The number of phenolic OH excluding ortho intramolecular Hbond substituents is 1. The number of carbonyl (C=O) groups is 1. The molecule has 0 aliphatic carbocycles. The summed E-state index contributed by atoms with van der Waals surface area (Å²) in [6.45, 7) is 0.140. The van der Waals surface area contributed by atoms with Gasteiger partial charge >= 0.3 is 0 Å². The molecule has 2 N–H and O–H groups in total. The first-order valence-corrected chi connectivity index (χ1v) is 12.7. The van der Waals surface area contributed by atoms with Crippen molar-refractivity contribution in [3.05, 3.63) is 89.5 Å². The molecule has 0 spiro atoms. The second-order valence-corrected chi connectivity index (χ2v) is 10.1. The van der Waals surface area contributed by atoms with Crippen LogP contribution < -0.4 is 19.2 Å². The molecule has 0 fully saturated rings. The van der Waals surface area contributed by atoms with Crippen molar-refractivity contribution in [2.24, 2.45) is 5.10 Å². The van der Waals surface area contributed by atoms with Crippen LogP contribution in [0, 0.1) is 0 Å². The fraction of sp³-hybridized carbons (Fsp3) is 0.111. The molecule has 1 heterocycles. The summed E-state index contributed by atoms with van der Waals surface area (Å²) in [5.74, 6) is -0.149. The van der Waals surface area contributed by atoms with Crippen LogP contribution in [0.2, 0.25) is 0 Å². The molecule has 5 rings (SSSR count). The Hall–Kier alpha value is -4.57. The van der Waals surface area contributed by atoms with Gasteiger partial charge in [-0.2, -0.15) is 5.10 Å². The molecule has 4 aromatic carbocycles. The SMILES string of the molecule is COc1cc(C=NNC(=O)c2ccc(CN3c4cccc5cccc(c45)S3(=O)=O)cc2)cc(OC)c1O. The molecule has 1 amide bonds. The van der Waals surface area contributed by atoms with Gasteiger partial charge in [0.1, 0.15) is 0 Å². The maximum atomic E-state index is 13.2. The van der Waals surface area contributed by atoms with E-state index < -0.39 is 15.9 Å². The summed E-state index contributed by atoms with van der Waals surface area (Å²) < 4.78 is 38.0. The Bertz CT molecular complexity index is 1620. The number of nitrogens with one attached hydrogen (secondary N) is 1. The van der Waals surface area contributed by atoms with Crippen LogP contribution in [-0.4, -0.2) is 39.9 Å². The van der Waals surface area contributed by atoms with E-state index in [-0.39, 0.29) is 23.8 Å². The number of ether oxygens (including phenoxy) is 2. The Labute approximate surface area is 213 Å². The second kappa shape index (κ2) is 9.47. The van der Waals surface area contributed by atoms with Crippen molar-refractivity contribution in [3.8, 4) is 17.2 Å². The zero-order valence-corrected chi connectivity index (χ0v) is 20.8. The minimum atomic E-state index is -3.67. The van der Waals surface area contributed by atoms with E-state index in [1.54, 1.807) is 54.6 Å². The number of phenols is 1. The number of carbonyl (C=O) groups excluding carboxylic acids is 1. The van der Waals surface area contributed by atoms with Crippen LogP contribution in [0.4, 0.5) is 5.69 Å². The van der Waals surface area contributed by atoms with Crippen LogP contribution in [0.3, 0.4) is 0 Å². The van der Waals surface area contributed by atoms with Gasteiger partial charge in [0.15, 0.2) is 11.5 Å². The summed E-state index contributed by atoms with van der Waals surface area (Å²) in [4.78, 5) is 12.9. The first kappa shape index (κ1) is 24.1. The van der Waals surface area contributed by atoms with E-state index in [0.717, 1.165) is 16.3 Å². The summed E-state index contributed by atoms with van der Waals surface area (Å²) in [7, 11) is -0.841. The lowest BCUT2D eigenvalue weighted by Crippen LogP contribution is -2.26. The van der Waals surface area contributed by atoms with Gasteiger partial charge in [-0.05, 0) is 47.3 Å². The molecule has 37 heavy (non-hydrogen) atoms. The summed E-state index contributed by atoms with van der Waals surface area (Å²) >= 11 is 0. The number of nitrogens with zero attached hydrogens (tertiary/aromatic N) is 2. The first-order valence-electron chi connectivity index (χ1n) is 11.3. The van der Waals surface area contributed by atoms with Gasteiger partial charge in [-0.1, -0.05) is 36.4 Å². The topological polar surface area (TPSA) is 118 Å². The third-order valence-corrected chi connectivity index (χ3v) is 7.91. The normalized spacial score (nSPS) is 13.7. The van der Waals surface area contributed by atoms with E-state index in [0.29, 0.717) is 21.7 Å². The number of aromatic hydroxyl groups is 1. The second-order valence-electron chi connectivity index (χ2n) is 8.31. The van der Waals surface area contributed by atoms with Gasteiger partial charge in [0, 0.05) is 16.5 Å². The number of amides is 1. The Morgan fingerprint density at radius 3 is 2.30 bits per heavy atom. The Morgan fingerprint density at radius 1 is 1.00 bits per heavy atom. The number of benzene rings is 4. The van der Waals surface area contributed by atoms with Crippen LogP contribution in [0.15, 0.2) is 82.8 Å². The van der Waals surface area contributed by atoms with Crippen LogP contribution in [0.25, 0.3) is 10.8 Å². The zero-order chi connectivity index (χ0) is 26.2. The number of hydrazone groups is 1. The van der Waals surface area contributed by atoms with Gasteiger partial charge in [0.2, 0.25) is 5.75 Å². The lowest BCUT2D eigenvalue weighted by molar-refractivity contribution is 0.0955. The fourth-order valence-corrected chi connectivity index (χ4v) is 5.97. The number of rotatable bonds is 7. The number of sulfonamides is 1. The molecule has 1 aliphatic heterocycles. The third-order valence-electron chi connectivity index (χ3n) is 6.11. The molecule has 0 aromatic heterocycles. The molecular formula is C27H23N3O6S. The molecule has 4 aromatic rings. The van der Waals surface area contributed by atoms with E-state index in [1.807, 2.05) is 18.2 Å². The van der Waals surface area contributed by atoms with Crippen molar-refractivity contribution in [2.75, 3.05) is 18.5 Å². The predicted molar refractivity (Wildman–Crippen MR) is 140 cm³/mol. The van der Waals surface area contributed by atoms with Crippen LogP contribution in [0.1, 0.15) is 21.5 Å². The summed E-state index contributed by atoms with van der Waals surface area (Å²) in [5, 5.41) is 15.6. The number of hydrogen-bond donors (Lipinski definition) is 2. The molecular weight excluding hydrogens is 494 g/mol. The average Bonchev–Trinajstić information content (AvgIpc) is 3.13. The lowest BCUT2D eigenvalue weighted by Gasteiger charge is -2.19. The Balaban J connectivity index is 1.29. The maximum Gasteiger partial charge on any atom is 0.271 e. The molecule has 0 saturated heterocycles. The predicted octanol–water partition coefficient (Wildman–Crippen LogP) is 4.04. The fourth-order valence-electron chi connectivity index (χ4n) is 4.27. The van der Waals surface area contributed by atoms with Crippen molar-refractivity contribution in [2.45, 2.75) is 11.4 Å². The van der Waals surface area contributed by atoms with Crippen LogP contribution >= 0.6 is 0 Å². The lowest BCUT2D eigenvalue weighted by atomic mass is 10.1. The maximum absolute atomic E-state index is 13.2. The minimum Gasteiger partial charge on any atom is -0.502 e. The van der Waals surface area contributed by atoms with Gasteiger partial charge in [-0.15, -0.1) is 0 Å². The van der Waals surface area contributed by atoms with Crippen molar-refractivity contribution < 1.29 is 27.8 Å². The van der Waals surface area contributed by atoms with Gasteiger partial charge < -0.3 is 14.6 Å². The average molecular weight is 518 g/mol. The van der Waals surface area contributed by atoms with Crippen molar-refractivity contribution in [3.63, 3.8) is 0 Å². The smallest absolute Gasteiger partial charge is 0.271 e. The van der Waals surface area contributed by atoms with E-state index in [9.17, 15) is 18.3 Å². The van der Waals surface area contributed by atoms with Crippen molar-refractivity contribution in [1.29, 1.82) is 0 Å². The summed E-state index contributed by atoms with van der Waals surface area (Å²) in [6, 6.07) is 20.6. The van der Waals surface area contributed by atoms with Gasteiger partial charge in [-0.25, -0.2) is 13.8 Å². The molecule has 9 nitrogen and oxygen atoms in total. The molecule has 0 atom stereocenters. The number of anilines is 1. The van der Waals surface area contributed by atoms with Crippen LogP contribution in [0.5, 0.6) is 17.2 Å². The van der Waals surface area contributed by atoms with Gasteiger partial charge in [0.05, 0.1) is 37.6 Å². The standard InChI is InChI=1S/C27H23N3O6S/c1-35-22-13-18(14-23(36-2)26(22)31)15-28-29-27(32)20-11-9-17(10-12-20)16-30-21-7-3-5-19-6-4-8-24(25(19)21)37(30,33)34/h3-15,31H,16H2,1-2H3,(H,29,32). The highest BCUT2D eigenvalue weighted by molar-refractivity contribution is 7.93. The van der Waals surface area contributed by atoms with E-state index in [1.165, 1.54) is 24.7 Å². The number of hydrogen-bond acceptors (Lipinski definition) is 7. The van der Waals surface area contributed by atoms with Gasteiger partial charge in [-0.3, -0.25) is 9.10 Å². The Morgan fingerprint density at radius 2 is 1.65 bits per heavy atom. The molecule has 0 radical (unpaired) electrons. The first-order chi connectivity index (χ1) is 17.8. The highest BCUT2D eigenvalue weighted by Gasteiger charge is 2.35. The quantitative estimate of drug-likeness (QED) is 0.282. The molecule has 0 unspecified atom stereocenters. The van der Waals surface area contributed by atoms with Crippen LogP contribution in [-0.2, 0) is 16.6 Å². The third kappa shape index (κ3) is 4.31. The number of methoxy groups -OCH3 is 2. The molecule has 188 valence electrons. The van der Waals surface area contributed by atoms with Crippen molar-refractivity contribution >= 4 is 38.6 Å². The highest BCUT2D eigenvalue weighted by Crippen LogP contribution is 2.42. The molecule has 1 aliphatic rings. The Kier molecular flexibility index (Phi) is 6.18. The summed E-state index contributed by atoms with van der Waals surface area (Å²) in [5.41, 5.74) is 4.73. The van der Waals surface area contributed by atoms with E-state index in [2.05, 4.69) is 10.5 Å². The zero-order valence-electron chi connectivity index (χ0n) is 20.0. The van der Waals surface area contributed by atoms with E-state index >= 15 is 0 Å². The minimum absolute atomic E-state index is 0.131. The van der Waals surface area contributed by atoms with E-state index in [4.69, 9.17) is 9.47 Å². The molecule has 0 saturated carbocycles. The van der Waals surface area contributed by atoms with Gasteiger partial charge in [0.25, 0.3) is 15.9 Å². The monoisotopic (exact) mass is 517 g/mol.